The van der Waals surface area contributed by atoms with Crippen LogP contribution in [0, 0.1) is 0 Å². The van der Waals surface area contributed by atoms with Gasteiger partial charge in [-0.25, -0.2) is 0 Å². The monoisotopic (exact) mass is 331 g/mol. The Kier molecular flexibility index (Phi) is 6.16. The molecule has 1 aromatic carbocycles. The molecule has 2 rings (SSSR count). The minimum atomic E-state index is -0.0312. The van der Waals surface area contributed by atoms with Gasteiger partial charge in [-0.15, -0.1) is 0 Å². The summed E-state index contributed by atoms with van der Waals surface area (Å²) in [6, 6.07) is 8.25. The van der Waals surface area contributed by atoms with Crippen LogP contribution in [0.4, 0.5) is 5.69 Å². The van der Waals surface area contributed by atoms with Crippen molar-refractivity contribution in [2.45, 2.75) is 33.6 Å². The predicted molar refractivity (Wildman–Crippen MR) is 100 cm³/mol. The Morgan fingerprint density at radius 1 is 1.17 bits per heavy atom. The molecule has 5 heteroatoms. The third-order valence-electron chi connectivity index (χ3n) is 4.03. The Balaban J connectivity index is 2.13. The Bertz CT molecular complexity index is 591. The molecule has 0 atom stereocenters. The third kappa shape index (κ3) is 4.10. The highest BCUT2D eigenvalue weighted by molar-refractivity contribution is 7.80. The van der Waals surface area contributed by atoms with Crippen LogP contribution >= 0.6 is 12.2 Å². The molecule has 0 radical (unpaired) electrons. The van der Waals surface area contributed by atoms with E-state index in [0.29, 0.717) is 17.4 Å². The number of unbranched alkanes of at least 4 members (excludes halogenated alkanes) is 1. The maximum Gasteiger partial charge on any atom is 0.276 e. The number of amides is 1. The van der Waals surface area contributed by atoms with Crippen LogP contribution in [-0.4, -0.2) is 35.6 Å². The van der Waals surface area contributed by atoms with Gasteiger partial charge >= 0.3 is 0 Å². The summed E-state index contributed by atoms with van der Waals surface area (Å²) in [5, 5.41) is 3.54. The molecule has 1 aliphatic rings. The number of rotatable bonds is 7. The van der Waals surface area contributed by atoms with Crippen molar-refractivity contribution >= 4 is 35.0 Å². The number of hydrogen-bond acceptors (Lipinski definition) is 3. The van der Waals surface area contributed by atoms with Crippen LogP contribution in [0.5, 0.6) is 0 Å². The highest BCUT2D eigenvalue weighted by Crippen LogP contribution is 2.18. The Labute approximate surface area is 144 Å². The average Bonchev–Trinajstić information content (AvgIpc) is 2.82. The maximum absolute atomic E-state index is 12.4. The highest BCUT2D eigenvalue weighted by atomic mass is 32.1. The van der Waals surface area contributed by atoms with Gasteiger partial charge < -0.3 is 10.2 Å². The van der Waals surface area contributed by atoms with Crippen molar-refractivity contribution < 1.29 is 4.79 Å². The van der Waals surface area contributed by atoms with Crippen LogP contribution in [0.1, 0.15) is 39.2 Å². The van der Waals surface area contributed by atoms with Gasteiger partial charge in [0.05, 0.1) is 0 Å². The lowest BCUT2D eigenvalue weighted by Gasteiger charge is -2.20. The summed E-state index contributed by atoms with van der Waals surface area (Å²) in [6.45, 7) is 9.04. The molecule has 1 N–H and O–H groups in total. The first kappa shape index (κ1) is 17.5. The summed E-state index contributed by atoms with van der Waals surface area (Å²) in [5.74, 6) is -0.0312. The molecule has 1 aromatic rings. The van der Waals surface area contributed by atoms with Crippen LogP contribution in [0.15, 0.2) is 30.0 Å². The second-order valence-corrected chi connectivity index (χ2v) is 5.95. The van der Waals surface area contributed by atoms with Crippen molar-refractivity contribution in [1.82, 2.24) is 10.2 Å². The van der Waals surface area contributed by atoms with E-state index in [2.05, 4.69) is 43.1 Å². The molecule has 4 nitrogen and oxygen atoms in total. The quantitative estimate of drug-likeness (QED) is 0.614. The van der Waals surface area contributed by atoms with Gasteiger partial charge in [-0.05, 0) is 56.3 Å². The van der Waals surface area contributed by atoms with E-state index in [1.165, 1.54) is 5.69 Å². The Morgan fingerprint density at radius 3 is 2.39 bits per heavy atom. The van der Waals surface area contributed by atoms with Gasteiger partial charge in [0.1, 0.15) is 5.70 Å². The first-order valence-electron chi connectivity index (χ1n) is 8.30. The normalized spacial score (nSPS) is 16.1. The Hall–Kier alpha value is -1.88. The number of benzene rings is 1. The van der Waals surface area contributed by atoms with Crippen molar-refractivity contribution in [2.75, 3.05) is 24.5 Å². The van der Waals surface area contributed by atoms with Crippen molar-refractivity contribution in [1.29, 1.82) is 0 Å². The highest BCUT2D eigenvalue weighted by Gasteiger charge is 2.29. The molecular formula is C18H25N3OS. The van der Waals surface area contributed by atoms with E-state index < -0.39 is 0 Å². The summed E-state index contributed by atoms with van der Waals surface area (Å²) in [5.41, 5.74) is 2.75. The number of carbonyl (C=O) groups is 1. The van der Waals surface area contributed by atoms with Crippen molar-refractivity contribution in [3.05, 3.63) is 35.5 Å². The maximum atomic E-state index is 12.4. The number of thiocarbonyl (C=S) groups is 1. The molecule has 0 aromatic heterocycles. The number of anilines is 1. The molecule has 1 saturated heterocycles. The minimum absolute atomic E-state index is 0.0312. The lowest BCUT2D eigenvalue weighted by Crippen LogP contribution is -2.31. The van der Waals surface area contributed by atoms with E-state index in [1.54, 1.807) is 4.90 Å². The zero-order valence-corrected chi connectivity index (χ0v) is 14.9. The lowest BCUT2D eigenvalue weighted by atomic mass is 10.1. The van der Waals surface area contributed by atoms with Gasteiger partial charge in [0.25, 0.3) is 5.91 Å². The van der Waals surface area contributed by atoms with Crippen LogP contribution < -0.4 is 10.2 Å². The van der Waals surface area contributed by atoms with Gasteiger partial charge in [-0.3, -0.25) is 9.69 Å². The molecule has 23 heavy (non-hydrogen) atoms. The number of carbonyl (C=O) groups excluding carboxylic acids is 1. The molecule has 1 aliphatic heterocycles. The molecule has 0 unspecified atom stereocenters. The predicted octanol–water partition coefficient (Wildman–Crippen LogP) is 3.39. The minimum Gasteiger partial charge on any atom is -0.372 e. The van der Waals surface area contributed by atoms with E-state index in [9.17, 15) is 4.79 Å². The van der Waals surface area contributed by atoms with Gasteiger partial charge in [-0.2, -0.15) is 0 Å². The summed E-state index contributed by atoms with van der Waals surface area (Å²) in [4.78, 5) is 16.3. The molecule has 124 valence electrons. The molecule has 1 heterocycles. The Morgan fingerprint density at radius 2 is 1.83 bits per heavy atom. The molecular weight excluding hydrogens is 306 g/mol. The number of nitrogens with one attached hydrogen (secondary N) is 1. The van der Waals surface area contributed by atoms with Crippen LogP contribution in [-0.2, 0) is 4.79 Å². The fourth-order valence-electron chi connectivity index (χ4n) is 2.63. The van der Waals surface area contributed by atoms with E-state index in [4.69, 9.17) is 12.2 Å². The molecule has 0 bridgehead atoms. The largest absolute Gasteiger partial charge is 0.372 e. The molecule has 0 spiro atoms. The molecule has 0 aliphatic carbocycles. The summed E-state index contributed by atoms with van der Waals surface area (Å²) in [7, 11) is 0. The number of nitrogens with zero attached hydrogens (tertiary/aromatic N) is 2. The van der Waals surface area contributed by atoms with E-state index >= 15 is 0 Å². The summed E-state index contributed by atoms with van der Waals surface area (Å²) < 4.78 is 0. The average molecular weight is 331 g/mol. The first-order chi connectivity index (χ1) is 11.1. The number of hydrogen-bond donors (Lipinski definition) is 1. The SMILES string of the molecule is CCCCN1C(=O)/C(=C/c2ccc(N(CC)CC)cc2)NC1=S. The lowest BCUT2D eigenvalue weighted by molar-refractivity contribution is -0.122. The zero-order valence-electron chi connectivity index (χ0n) is 14.1. The van der Waals surface area contributed by atoms with E-state index in [1.807, 2.05) is 18.2 Å². The first-order valence-corrected chi connectivity index (χ1v) is 8.71. The topological polar surface area (TPSA) is 35.6 Å². The summed E-state index contributed by atoms with van der Waals surface area (Å²) in [6.07, 6.45) is 3.87. The molecule has 1 fully saturated rings. The second kappa shape index (κ2) is 8.11. The van der Waals surface area contributed by atoms with Crippen LogP contribution in [0.25, 0.3) is 6.08 Å². The zero-order chi connectivity index (χ0) is 16.8. The summed E-state index contributed by atoms with van der Waals surface area (Å²) >= 11 is 5.26. The van der Waals surface area contributed by atoms with Crippen LogP contribution in [0.2, 0.25) is 0 Å². The van der Waals surface area contributed by atoms with Gasteiger partial charge in [0.15, 0.2) is 5.11 Å². The third-order valence-corrected chi connectivity index (χ3v) is 4.35. The fourth-order valence-corrected chi connectivity index (χ4v) is 2.91. The van der Waals surface area contributed by atoms with Crippen LogP contribution in [0.3, 0.4) is 0 Å². The molecule has 0 saturated carbocycles. The fraction of sp³-hybridized carbons (Fsp3) is 0.444. The van der Waals surface area contributed by atoms with E-state index in [-0.39, 0.29) is 5.91 Å². The molecule has 1 amide bonds. The van der Waals surface area contributed by atoms with Gasteiger partial charge in [0, 0.05) is 25.3 Å². The van der Waals surface area contributed by atoms with Crippen molar-refractivity contribution in [2.24, 2.45) is 0 Å². The van der Waals surface area contributed by atoms with Crippen molar-refractivity contribution in [3.63, 3.8) is 0 Å². The van der Waals surface area contributed by atoms with E-state index in [0.717, 1.165) is 31.5 Å². The smallest absolute Gasteiger partial charge is 0.276 e. The second-order valence-electron chi connectivity index (χ2n) is 5.56. The standard InChI is InChI=1S/C18H25N3OS/c1-4-7-12-21-17(22)16(19-18(21)23)13-14-8-10-15(11-9-14)20(5-2)6-3/h8-11,13H,4-7,12H2,1-3H3,(H,19,23)/b16-13-. The van der Waals surface area contributed by atoms with Crippen molar-refractivity contribution in [3.8, 4) is 0 Å². The van der Waals surface area contributed by atoms with Gasteiger partial charge in [-0.1, -0.05) is 25.5 Å². The van der Waals surface area contributed by atoms with Gasteiger partial charge in [0.2, 0.25) is 0 Å².